The molecule has 122 valence electrons. The van der Waals surface area contributed by atoms with Crippen molar-refractivity contribution >= 4 is 5.91 Å². The summed E-state index contributed by atoms with van der Waals surface area (Å²) < 4.78 is 38.8. The second-order valence-corrected chi connectivity index (χ2v) is 5.79. The molecule has 1 aromatic rings. The molecule has 1 aliphatic carbocycles. The molecule has 4 nitrogen and oxygen atoms in total. The number of nitrogens with zero attached hydrogens (tertiary/aromatic N) is 1. The van der Waals surface area contributed by atoms with Crippen LogP contribution in [0, 0.1) is 5.92 Å². The Labute approximate surface area is 126 Å². The predicted molar refractivity (Wildman–Crippen MR) is 75.3 cm³/mol. The summed E-state index contributed by atoms with van der Waals surface area (Å²) in [5.74, 6) is -0.0869. The Bertz CT molecular complexity index is 595. The van der Waals surface area contributed by atoms with Crippen molar-refractivity contribution in [2.45, 2.75) is 51.4 Å². The largest absolute Gasteiger partial charge is 0.421 e. The van der Waals surface area contributed by atoms with E-state index in [9.17, 15) is 22.8 Å². The molecule has 2 atom stereocenters. The number of hydrogen-bond acceptors (Lipinski definition) is 2. The maximum atomic E-state index is 12.7. The zero-order chi connectivity index (χ0) is 16.3. The van der Waals surface area contributed by atoms with Crippen LogP contribution in [0.2, 0.25) is 0 Å². The van der Waals surface area contributed by atoms with Crippen molar-refractivity contribution in [2.75, 3.05) is 0 Å². The number of alkyl halides is 3. The van der Waals surface area contributed by atoms with Crippen LogP contribution >= 0.6 is 0 Å². The standard InChI is InChI=1S/C15H19F3N2O2/c1-10-5-2-3-7-12(10)19-13(21)9-20-8-4-6-11(14(20)22)15(16,17)18/h4,6,8,10,12H,2-3,5,7,9H2,1H3,(H,19,21)/t10-,12+/m1/s1. The highest BCUT2D eigenvalue weighted by atomic mass is 19.4. The van der Waals surface area contributed by atoms with E-state index in [1.54, 1.807) is 0 Å². The summed E-state index contributed by atoms with van der Waals surface area (Å²) in [5.41, 5.74) is -2.45. The van der Waals surface area contributed by atoms with Crippen LogP contribution in [-0.4, -0.2) is 16.5 Å². The predicted octanol–water partition coefficient (Wildman–Crippen LogP) is 2.56. The third-order valence-electron chi connectivity index (χ3n) is 4.10. The van der Waals surface area contributed by atoms with Crippen molar-refractivity contribution in [1.29, 1.82) is 0 Å². The van der Waals surface area contributed by atoms with Crippen molar-refractivity contribution in [1.82, 2.24) is 9.88 Å². The first-order valence-corrected chi connectivity index (χ1v) is 7.35. The number of amides is 1. The fraction of sp³-hybridized carbons (Fsp3) is 0.600. The monoisotopic (exact) mass is 316 g/mol. The number of carbonyl (C=O) groups is 1. The van der Waals surface area contributed by atoms with Crippen LogP contribution in [-0.2, 0) is 17.5 Å². The van der Waals surface area contributed by atoms with Crippen molar-refractivity contribution in [3.63, 3.8) is 0 Å². The summed E-state index contributed by atoms with van der Waals surface area (Å²) in [4.78, 5) is 23.8. The van der Waals surface area contributed by atoms with Gasteiger partial charge in [-0.25, -0.2) is 0 Å². The zero-order valence-corrected chi connectivity index (χ0v) is 12.3. The maximum Gasteiger partial charge on any atom is 0.421 e. The van der Waals surface area contributed by atoms with Crippen LogP contribution < -0.4 is 10.9 Å². The Kier molecular flexibility index (Phi) is 4.93. The summed E-state index contributed by atoms with van der Waals surface area (Å²) in [7, 11) is 0. The lowest BCUT2D eigenvalue weighted by Gasteiger charge is -2.29. The number of nitrogens with one attached hydrogen (secondary N) is 1. The lowest BCUT2D eigenvalue weighted by atomic mass is 9.86. The normalized spacial score (nSPS) is 22.4. The Morgan fingerprint density at radius 1 is 1.36 bits per heavy atom. The first-order chi connectivity index (χ1) is 10.3. The van der Waals surface area contributed by atoms with Crippen molar-refractivity contribution in [3.8, 4) is 0 Å². The van der Waals surface area contributed by atoms with E-state index in [1.165, 1.54) is 6.20 Å². The van der Waals surface area contributed by atoms with E-state index in [0.717, 1.165) is 42.4 Å². The van der Waals surface area contributed by atoms with Gasteiger partial charge in [0.05, 0.1) is 0 Å². The van der Waals surface area contributed by atoms with Gasteiger partial charge in [0.15, 0.2) is 0 Å². The van der Waals surface area contributed by atoms with E-state index in [0.29, 0.717) is 5.92 Å². The van der Waals surface area contributed by atoms with Gasteiger partial charge >= 0.3 is 6.18 Å². The summed E-state index contributed by atoms with van der Waals surface area (Å²) in [6.07, 6.45) is 0.522. The lowest BCUT2D eigenvalue weighted by Crippen LogP contribution is -2.43. The summed E-state index contributed by atoms with van der Waals surface area (Å²) in [6.45, 7) is 1.65. The number of rotatable bonds is 3. The van der Waals surface area contributed by atoms with E-state index in [-0.39, 0.29) is 6.04 Å². The molecule has 1 saturated carbocycles. The number of aromatic nitrogens is 1. The molecule has 0 bridgehead atoms. The minimum atomic E-state index is -4.71. The van der Waals surface area contributed by atoms with E-state index < -0.39 is 29.8 Å². The average Bonchev–Trinajstić information content (AvgIpc) is 2.42. The van der Waals surface area contributed by atoms with E-state index in [4.69, 9.17) is 0 Å². The minimum Gasteiger partial charge on any atom is -0.352 e. The first kappa shape index (κ1) is 16.6. The van der Waals surface area contributed by atoms with Gasteiger partial charge < -0.3 is 9.88 Å². The van der Waals surface area contributed by atoms with Crippen LogP contribution in [0.3, 0.4) is 0 Å². The topological polar surface area (TPSA) is 51.1 Å². The van der Waals surface area contributed by atoms with Gasteiger partial charge in [-0.3, -0.25) is 9.59 Å². The molecular weight excluding hydrogens is 297 g/mol. The van der Waals surface area contributed by atoms with E-state index in [1.807, 2.05) is 6.92 Å². The van der Waals surface area contributed by atoms with Crippen LogP contribution in [0.15, 0.2) is 23.1 Å². The quantitative estimate of drug-likeness (QED) is 0.932. The number of hydrogen-bond donors (Lipinski definition) is 1. The molecule has 1 aromatic heterocycles. The van der Waals surface area contributed by atoms with E-state index >= 15 is 0 Å². The molecule has 1 heterocycles. The fourth-order valence-corrected chi connectivity index (χ4v) is 2.81. The molecule has 0 aliphatic heterocycles. The summed E-state index contributed by atoms with van der Waals surface area (Å²) >= 11 is 0. The fourth-order valence-electron chi connectivity index (χ4n) is 2.81. The zero-order valence-electron chi connectivity index (χ0n) is 12.3. The lowest BCUT2D eigenvalue weighted by molar-refractivity contribution is -0.139. The molecule has 7 heteroatoms. The number of halogens is 3. The molecule has 22 heavy (non-hydrogen) atoms. The molecule has 2 rings (SSSR count). The van der Waals surface area contributed by atoms with Gasteiger partial charge in [0.1, 0.15) is 12.1 Å². The van der Waals surface area contributed by atoms with Crippen LogP contribution in [0.25, 0.3) is 0 Å². The maximum absolute atomic E-state index is 12.7. The second-order valence-electron chi connectivity index (χ2n) is 5.79. The SMILES string of the molecule is C[C@@H]1CCCC[C@@H]1NC(=O)Cn1cccc(C(F)(F)F)c1=O. The second kappa shape index (κ2) is 6.54. The average molecular weight is 316 g/mol. The Morgan fingerprint density at radius 3 is 2.68 bits per heavy atom. The van der Waals surface area contributed by atoms with Gasteiger partial charge in [-0.15, -0.1) is 0 Å². The number of carbonyl (C=O) groups excluding carboxylic acids is 1. The summed E-state index contributed by atoms with van der Waals surface area (Å²) in [6, 6.07) is 1.88. The highest BCUT2D eigenvalue weighted by Crippen LogP contribution is 2.26. The Morgan fingerprint density at radius 2 is 2.05 bits per heavy atom. The van der Waals surface area contributed by atoms with Crippen LogP contribution in [0.4, 0.5) is 13.2 Å². The van der Waals surface area contributed by atoms with Gasteiger partial charge in [-0.1, -0.05) is 19.8 Å². The first-order valence-electron chi connectivity index (χ1n) is 7.35. The third-order valence-corrected chi connectivity index (χ3v) is 4.10. The van der Waals surface area contributed by atoms with Crippen molar-refractivity contribution in [2.24, 2.45) is 5.92 Å². The highest BCUT2D eigenvalue weighted by Gasteiger charge is 2.34. The molecule has 1 fully saturated rings. The van der Waals surface area contributed by atoms with Gasteiger partial charge in [0.2, 0.25) is 5.91 Å². The highest BCUT2D eigenvalue weighted by molar-refractivity contribution is 5.76. The molecule has 0 aromatic carbocycles. The Hall–Kier alpha value is -1.79. The van der Waals surface area contributed by atoms with Crippen molar-refractivity contribution in [3.05, 3.63) is 34.2 Å². The molecule has 1 N–H and O–H groups in total. The smallest absolute Gasteiger partial charge is 0.352 e. The molecule has 0 radical (unpaired) electrons. The Balaban J connectivity index is 2.07. The molecule has 0 saturated heterocycles. The van der Waals surface area contributed by atoms with Gasteiger partial charge in [0, 0.05) is 12.2 Å². The van der Waals surface area contributed by atoms with E-state index in [2.05, 4.69) is 5.32 Å². The summed E-state index contributed by atoms with van der Waals surface area (Å²) in [5, 5.41) is 2.82. The van der Waals surface area contributed by atoms with Crippen molar-refractivity contribution < 1.29 is 18.0 Å². The minimum absolute atomic E-state index is 0.0303. The molecule has 0 spiro atoms. The molecule has 0 unspecified atom stereocenters. The number of pyridine rings is 1. The van der Waals surface area contributed by atoms with Crippen LogP contribution in [0.1, 0.15) is 38.2 Å². The molecular formula is C15H19F3N2O2. The van der Waals surface area contributed by atoms with Gasteiger partial charge in [-0.2, -0.15) is 13.2 Å². The third kappa shape index (κ3) is 3.90. The van der Waals surface area contributed by atoms with Gasteiger partial charge in [0.25, 0.3) is 5.56 Å². The molecule has 1 amide bonds. The van der Waals surface area contributed by atoms with Crippen LogP contribution in [0.5, 0.6) is 0 Å². The molecule has 1 aliphatic rings. The van der Waals surface area contributed by atoms with Gasteiger partial charge in [-0.05, 0) is 30.9 Å².